The Kier molecular flexibility index (Phi) is 3.84. The van der Waals surface area contributed by atoms with Crippen molar-refractivity contribution in [2.24, 2.45) is 0 Å². The standard InChI is InChI=1S/C16H14BrNO3/c17-12-7-10-5-6-21-15(10)11(8-12)9-18-16(20)13-3-1-2-4-14(13)19/h1-4,7-8,19H,5-6,9H2,(H,18,20). The van der Waals surface area contributed by atoms with Gasteiger partial charge < -0.3 is 15.2 Å². The van der Waals surface area contributed by atoms with Crippen molar-refractivity contribution in [3.63, 3.8) is 0 Å². The summed E-state index contributed by atoms with van der Waals surface area (Å²) in [6.45, 7) is 1.03. The fourth-order valence-electron chi connectivity index (χ4n) is 2.41. The molecule has 5 heteroatoms. The molecule has 0 saturated heterocycles. The molecule has 0 fully saturated rings. The van der Waals surface area contributed by atoms with Crippen LogP contribution in [0.1, 0.15) is 21.5 Å². The number of phenols is 1. The highest BCUT2D eigenvalue weighted by Gasteiger charge is 2.18. The third kappa shape index (κ3) is 2.88. The van der Waals surface area contributed by atoms with Crippen LogP contribution in [0, 0.1) is 0 Å². The van der Waals surface area contributed by atoms with Gasteiger partial charge in [-0.25, -0.2) is 0 Å². The van der Waals surface area contributed by atoms with E-state index in [0.717, 1.165) is 27.8 Å². The van der Waals surface area contributed by atoms with Crippen LogP contribution >= 0.6 is 15.9 Å². The van der Waals surface area contributed by atoms with E-state index in [1.165, 1.54) is 6.07 Å². The zero-order valence-electron chi connectivity index (χ0n) is 11.2. The lowest BCUT2D eigenvalue weighted by Gasteiger charge is -2.11. The first kappa shape index (κ1) is 13.9. The number of aromatic hydroxyl groups is 1. The molecule has 3 rings (SSSR count). The van der Waals surface area contributed by atoms with Crippen molar-refractivity contribution >= 4 is 21.8 Å². The average molecular weight is 348 g/mol. The van der Waals surface area contributed by atoms with Crippen LogP contribution in [0.4, 0.5) is 0 Å². The number of para-hydroxylation sites is 1. The third-order valence-electron chi connectivity index (χ3n) is 3.41. The van der Waals surface area contributed by atoms with Gasteiger partial charge in [0.05, 0.1) is 12.2 Å². The Morgan fingerprint density at radius 3 is 2.95 bits per heavy atom. The number of carbonyl (C=O) groups is 1. The average Bonchev–Trinajstić information content (AvgIpc) is 2.93. The maximum Gasteiger partial charge on any atom is 0.255 e. The van der Waals surface area contributed by atoms with Gasteiger partial charge in [0, 0.05) is 23.0 Å². The molecular formula is C16H14BrNO3. The highest BCUT2D eigenvalue weighted by molar-refractivity contribution is 9.10. The van der Waals surface area contributed by atoms with Crippen molar-refractivity contribution in [1.82, 2.24) is 5.32 Å². The number of phenolic OH excluding ortho intramolecular Hbond substituents is 1. The largest absolute Gasteiger partial charge is 0.507 e. The summed E-state index contributed by atoms with van der Waals surface area (Å²) < 4.78 is 6.60. The number of hydrogen-bond acceptors (Lipinski definition) is 3. The smallest absolute Gasteiger partial charge is 0.255 e. The maximum atomic E-state index is 12.1. The molecule has 4 nitrogen and oxygen atoms in total. The first-order chi connectivity index (χ1) is 10.1. The normalized spacial score (nSPS) is 12.6. The van der Waals surface area contributed by atoms with Gasteiger partial charge >= 0.3 is 0 Å². The number of benzene rings is 2. The van der Waals surface area contributed by atoms with Gasteiger partial charge in [0.1, 0.15) is 11.5 Å². The summed E-state index contributed by atoms with van der Waals surface area (Å²) in [7, 11) is 0. The molecule has 0 atom stereocenters. The van der Waals surface area contributed by atoms with Crippen LogP contribution in [-0.4, -0.2) is 17.6 Å². The van der Waals surface area contributed by atoms with Gasteiger partial charge in [0.2, 0.25) is 0 Å². The first-order valence-corrected chi connectivity index (χ1v) is 7.45. The summed E-state index contributed by atoms with van der Waals surface area (Å²) in [5.74, 6) is 0.529. The molecule has 0 radical (unpaired) electrons. The quantitative estimate of drug-likeness (QED) is 0.897. The zero-order valence-corrected chi connectivity index (χ0v) is 12.8. The Labute approximate surface area is 130 Å². The van der Waals surface area contributed by atoms with Gasteiger partial charge in [-0.15, -0.1) is 0 Å². The van der Waals surface area contributed by atoms with E-state index in [0.29, 0.717) is 13.2 Å². The van der Waals surface area contributed by atoms with E-state index in [-0.39, 0.29) is 17.2 Å². The molecule has 2 N–H and O–H groups in total. The molecule has 21 heavy (non-hydrogen) atoms. The van der Waals surface area contributed by atoms with Crippen LogP contribution in [0.15, 0.2) is 40.9 Å². The molecular weight excluding hydrogens is 334 g/mol. The molecule has 0 bridgehead atoms. The number of nitrogens with one attached hydrogen (secondary N) is 1. The van der Waals surface area contributed by atoms with Gasteiger partial charge in [0.25, 0.3) is 5.91 Å². The SMILES string of the molecule is O=C(NCc1cc(Br)cc2c1OCC2)c1ccccc1O. The van der Waals surface area contributed by atoms with Crippen LogP contribution < -0.4 is 10.1 Å². The van der Waals surface area contributed by atoms with Crippen molar-refractivity contribution < 1.29 is 14.6 Å². The van der Waals surface area contributed by atoms with Gasteiger partial charge in [-0.2, -0.15) is 0 Å². The molecule has 0 aliphatic carbocycles. The van der Waals surface area contributed by atoms with Crippen molar-refractivity contribution in [2.75, 3.05) is 6.61 Å². The lowest BCUT2D eigenvalue weighted by molar-refractivity contribution is 0.0948. The number of carbonyl (C=O) groups excluding carboxylic acids is 1. The summed E-state index contributed by atoms with van der Waals surface area (Å²) >= 11 is 3.47. The van der Waals surface area contributed by atoms with Gasteiger partial charge in [-0.3, -0.25) is 4.79 Å². The molecule has 0 saturated carbocycles. The summed E-state index contributed by atoms with van der Waals surface area (Å²) in [6, 6.07) is 10.5. The minimum absolute atomic E-state index is 0.0225. The van der Waals surface area contributed by atoms with Gasteiger partial charge in [-0.1, -0.05) is 28.1 Å². The molecule has 1 heterocycles. The number of halogens is 1. The van der Waals surface area contributed by atoms with Crippen molar-refractivity contribution in [1.29, 1.82) is 0 Å². The predicted molar refractivity (Wildman–Crippen MR) is 82.6 cm³/mol. The fraction of sp³-hybridized carbons (Fsp3) is 0.188. The molecule has 1 aliphatic rings. The van der Waals surface area contributed by atoms with E-state index < -0.39 is 0 Å². The van der Waals surface area contributed by atoms with Gasteiger partial charge in [-0.05, 0) is 29.8 Å². The fourth-order valence-corrected chi connectivity index (χ4v) is 2.97. The Bertz CT molecular complexity index is 700. The monoisotopic (exact) mass is 347 g/mol. The van der Waals surface area contributed by atoms with Crippen molar-refractivity contribution in [2.45, 2.75) is 13.0 Å². The van der Waals surface area contributed by atoms with Crippen LogP contribution in [0.2, 0.25) is 0 Å². The summed E-state index contributed by atoms with van der Waals surface area (Å²) in [5.41, 5.74) is 2.35. The Balaban J connectivity index is 1.77. The number of fused-ring (bicyclic) bond motifs is 1. The second-order valence-electron chi connectivity index (χ2n) is 4.85. The second kappa shape index (κ2) is 5.77. The minimum Gasteiger partial charge on any atom is -0.507 e. The number of amides is 1. The maximum absolute atomic E-state index is 12.1. The Hall–Kier alpha value is -2.01. The number of ether oxygens (including phenoxy) is 1. The first-order valence-electron chi connectivity index (χ1n) is 6.65. The van der Waals surface area contributed by atoms with Crippen LogP contribution in [-0.2, 0) is 13.0 Å². The lowest BCUT2D eigenvalue weighted by atomic mass is 10.1. The van der Waals surface area contributed by atoms with E-state index in [4.69, 9.17) is 4.74 Å². The summed E-state index contributed by atoms with van der Waals surface area (Å²) in [4.78, 5) is 12.1. The highest BCUT2D eigenvalue weighted by Crippen LogP contribution is 2.33. The van der Waals surface area contributed by atoms with Crippen LogP contribution in [0.5, 0.6) is 11.5 Å². The highest BCUT2D eigenvalue weighted by atomic mass is 79.9. The van der Waals surface area contributed by atoms with Crippen molar-refractivity contribution in [3.8, 4) is 11.5 Å². The summed E-state index contributed by atoms with van der Waals surface area (Å²) in [6.07, 6.45) is 0.884. The molecule has 1 aliphatic heterocycles. The topological polar surface area (TPSA) is 58.6 Å². The van der Waals surface area contributed by atoms with Crippen molar-refractivity contribution in [3.05, 3.63) is 57.6 Å². The van der Waals surface area contributed by atoms with E-state index in [9.17, 15) is 9.90 Å². The van der Waals surface area contributed by atoms with E-state index in [1.807, 2.05) is 12.1 Å². The Morgan fingerprint density at radius 2 is 2.14 bits per heavy atom. The van der Waals surface area contributed by atoms with E-state index in [2.05, 4.69) is 21.2 Å². The number of hydrogen-bond donors (Lipinski definition) is 2. The van der Waals surface area contributed by atoms with E-state index >= 15 is 0 Å². The second-order valence-corrected chi connectivity index (χ2v) is 5.77. The molecule has 1 amide bonds. The molecule has 2 aromatic carbocycles. The van der Waals surface area contributed by atoms with Gasteiger partial charge in [0.15, 0.2) is 0 Å². The minimum atomic E-state index is -0.306. The van der Waals surface area contributed by atoms with Crippen LogP contribution in [0.3, 0.4) is 0 Å². The molecule has 2 aromatic rings. The molecule has 0 unspecified atom stereocenters. The van der Waals surface area contributed by atoms with E-state index in [1.54, 1.807) is 18.2 Å². The molecule has 0 spiro atoms. The molecule has 0 aromatic heterocycles. The molecule has 108 valence electrons. The number of rotatable bonds is 3. The lowest BCUT2D eigenvalue weighted by Crippen LogP contribution is -2.23. The predicted octanol–water partition coefficient (Wildman–Crippen LogP) is 3.02. The Morgan fingerprint density at radius 1 is 1.33 bits per heavy atom. The van der Waals surface area contributed by atoms with Crippen LogP contribution in [0.25, 0.3) is 0 Å². The third-order valence-corrected chi connectivity index (χ3v) is 3.87. The summed E-state index contributed by atoms with van der Waals surface area (Å²) in [5, 5.41) is 12.5. The zero-order chi connectivity index (χ0) is 14.8.